The van der Waals surface area contributed by atoms with E-state index in [1.54, 1.807) is 10.9 Å². The van der Waals surface area contributed by atoms with Crippen molar-refractivity contribution in [3.05, 3.63) is 46.1 Å². The van der Waals surface area contributed by atoms with Crippen LogP contribution >= 0.6 is 35.4 Å². The van der Waals surface area contributed by atoms with Gasteiger partial charge in [0.05, 0.1) is 6.54 Å². The van der Waals surface area contributed by atoms with E-state index < -0.39 is 0 Å². The van der Waals surface area contributed by atoms with E-state index in [0.717, 1.165) is 12.1 Å². The first-order chi connectivity index (χ1) is 9.58. The molecule has 1 heterocycles. The van der Waals surface area contributed by atoms with Gasteiger partial charge < -0.3 is 10.6 Å². The van der Waals surface area contributed by atoms with Crippen molar-refractivity contribution in [3.63, 3.8) is 0 Å². The van der Waals surface area contributed by atoms with Crippen molar-refractivity contribution in [3.8, 4) is 0 Å². The zero-order valence-electron chi connectivity index (χ0n) is 10.9. The molecule has 2 aromatic rings. The maximum Gasteiger partial charge on any atom is 0.173 e. The lowest BCUT2D eigenvalue weighted by Crippen LogP contribution is -2.28. The molecule has 4 nitrogen and oxygen atoms in total. The Balaban J connectivity index is 2.06. The van der Waals surface area contributed by atoms with Crippen molar-refractivity contribution in [1.82, 2.24) is 15.1 Å². The highest BCUT2D eigenvalue weighted by Crippen LogP contribution is 2.20. The molecule has 0 aliphatic carbocycles. The lowest BCUT2D eigenvalue weighted by Gasteiger charge is -2.06. The molecular weight excluding hydrogens is 315 g/mol. The number of thiocarbonyl (C=S) groups is 1. The number of rotatable bonds is 4. The van der Waals surface area contributed by atoms with Gasteiger partial charge in [-0.2, -0.15) is 5.10 Å². The van der Waals surface area contributed by atoms with Crippen LogP contribution < -0.4 is 10.6 Å². The molecule has 0 atom stereocenters. The van der Waals surface area contributed by atoms with Gasteiger partial charge in [-0.1, -0.05) is 35.3 Å². The van der Waals surface area contributed by atoms with E-state index in [1.807, 2.05) is 31.2 Å². The van der Waals surface area contributed by atoms with Crippen molar-refractivity contribution in [2.24, 2.45) is 0 Å². The molecule has 7 heteroatoms. The Morgan fingerprint density at radius 2 is 2.00 bits per heavy atom. The summed E-state index contributed by atoms with van der Waals surface area (Å²) in [6.45, 7) is 3.33. The molecule has 0 saturated carbocycles. The summed E-state index contributed by atoms with van der Waals surface area (Å²) >= 11 is 17.1. The second-order valence-corrected chi connectivity index (χ2v) is 5.39. The van der Waals surface area contributed by atoms with Crippen LogP contribution in [0.3, 0.4) is 0 Å². The summed E-state index contributed by atoms with van der Waals surface area (Å²) in [5.74, 6) is 0.548. The lowest BCUT2D eigenvalue weighted by molar-refractivity contribution is 0.690. The van der Waals surface area contributed by atoms with Crippen molar-refractivity contribution in [2.45, 2.75) is 13.5 Å². The van der Waals surface area contributed by atoms with Gasteiger partial charge in [-0.3, -0.25) is 4.68 Å². The van der Waals surface area contributed by atoms with E-state index in [9.17, 15) is 0 Å². The predicted octanol–water partition coefficient (Wildman–Crippen LogP) is 3.54. The van der Waals surface area contributed by atoms with Crippen LogP contribution in [0.2, 0.25) is 10.0 Å². The van der Waals surface area contributed by atoms with E-state index >= 15 is 0 Å². The SMILES string of the molecule is CCNC(=S)Nc1nn(Cc2ccc(Cl)cc2)cc1Cl. The summed E-state index contributed by atoms with van der Waals surface area (Å²) in [4.78, 5) is 0. The Morgan fingerprint density at radius 1 is 1.30 bits per heavy atom. The highest BCUT2D eigenvalue weighted by molar-refractivity contribution is 7.80. The topological polar surface area (TPSA) is 41.9 Å². The number of nitrogens with zero attached hydrogens (tertiary/aromatic N) is 2. The third-order valence-corrected chi connectivity index (χ3v) is 3.32. The van der Waals surface area contributed by atoms with Gasteiger partial charge in [-0.05, 0) is 36.8 Å². The van der Waals surface area contributed by atoms with Crippen molar-refractivity contribution < 1.29 is 0 Å². The minimum absolute atomic E-state index is 0.506. The second-order valence-electron chi connectivity index (χ2n) is 4.13. The molecule has 0 amide bonds. The minimum atomic E-state index is 0.506. The van der Waals surface area contributed by atoms with Crippen LogP contribution in [0.5, 0.6) is 0 Å². The second kappa shape index (κ2) is 6.92. The molecule has 0 spiro atoms. The van der Waals surface area contributed by atoms with Crippen molar-refractivity contribution in [1.29, 1.82) is 0 Å². The molecule has 0 bridgehead atoms. The molecule has 0 aliphatic heterocycles. The monoisotopic (exact) mass is 328 g/mol. The molecule has 2 N–H and O–H groups in total. The number of nitrogens with one attached hydrogen (secondary N) is 2. The smallest absolute Gasteiger partial charge is 0.173 e. The number of hydrogen-bond acceptors (Lipinski definition) is 2. The summed E-state index contributed by atoms with van der Waals surface area (Å²) in [7, 11) is 0. The Hall–Kier alpha value is -1.30. The fourth-order valence-electron chi connectivity index (χ4n) is 1.65. The summed E-state index contributed by atoms with van der Waals surface area (Å²) in [5.41, 5.74) is 1.09. The quantitative estimate of drug-likeness (QED) is 0.842. The summed E-state index contributed by atoms with van der Waals surface area (Å²) < 4.78 is 1.75. The molecule has 2 rings (SSSR count). The van der Waals surface area contributed by atoms with Crippen molar-refractivity contribution >= 4 is 46.4 Å². The molecule has 1 aromatic carbocycles. The number of anilines is 1. The van der Waals surface area contributed by atoms with Gasteiger partial charge in [-0.25, -0.2) is 0 Å². The van der Waals surface area contributed by atoms with Gasteiger partial charge in [0.15, 0.2) is 10.9 Å². The van der Waals surface area contributed by atoms with Crippen LogP contribution in [0.25, 0.3) is 0 Å². The molecule has 20 heavy (non-hydrogen) atoms. The van der Waals surface area contributed by atoms with Crippen LogP contribution in [0.1, 0.15) is 12.5 Å². The fraction of sp³-hybridized carbons (Fsp3) is 0.231. The molecule has 0 unspecified atom stereocenters. The molecule has 0 fully saturated rings. The lowest BCUT2D eigenvalue weighted by atomic mass is 10.2. The first kappa shape index (κ1) is 15.1. The van der Waals surface area contributed by atoms with Crippen LogP contribution in [-0.2, 0) is 6.54 Å². The number of benzene rings is 1. The van der Waals surface area contributed by atoms with Gasteiger partial charge in [-0.15, -0.1) is 0 Å². The largest absolute Gasteiger partial charge is 0.363 e. The van der Waals surface area contributed by atoms with E-state index in [2.05, 4.69) is 15.7 Å². The average Bonchev–Trinajstić information content (AvgIpc) is 2.73. The number of hydrogen-bond donors (Lipinski definition) is 2. The summed E-state index contributed by atoms with van der Waals surface area (Å²) in [6, 6.07) is 7.60. The van der Waals surface area contributed by atoms with Gasteiger partial charge in [0.1, 0.15) is 5.02 Å². The highest BCUT2D eigenvalue weighted by atomic mass is 35.5. The fourth-order valence-corrected chi connectivity index (χ4v) is 2.22. The molecular formula is C13H14Cl2N4S. The number of halogens is 2. The van der Waals surface area contributed by atoms with E-state index in [0.29, 0.717) is 27.5 Å². The molecule has 0 saturated heterocycles. The first-order valence-corrected chi connectivity index (χ1v) is 7.27. The summed E-state index contributed by atoms with van der Waals surface area (Å²) in [6.07, 6.45) is 1.76. The highest BCUT2D eigenvalue weighted by Gasteiger charge is 2.08. The normalized spacial score (nSPS) is 10.3. The standard InChI is InChI=1S/C13H14Cl2N4S/c1-2-16-13(20)17-12-11(15)8-19(18-12)7-9-3-5-10(14)6-4-9/h3-6,8H,2,7H2,1H3,(H2,16,17,18,20). The molecule has 106 valence electrons. The molecule has 0 radical (unpaired) electrons. The molecule has 0 aliphatic rings. The Kier molecular flexibility index (Phi) is 5.23. The number of aromatic nitrogens is 2. The van der Waals surface area contributed by atoms with E-state index in [1.165, 1.54) is 0 Å². The van der Waals surface area contributed by atoms with E-state index in [4.69, 9.17) is 35.4 Å². The third kappa shape index (κ3) is 4.10. The Bertz CT molecular complexity index is 595. The van der Waals surface area contributed by atoms with Gasteiger partial charge in [0.2, 0.25) is 0 Å². The zero-order chi connectivity index (χ0) is 14.5. The van der Waals surface area contributed by atoms with Gasteiger partial charge in [0, 0.05) is 17.8 Å². The zero-order valence-corrected chi connectivity index (χ0v) is 13.2. The molecule has 1 aromatic heterocycles. The van der Waals surface area contributed by atoms with Crippen LogP contribution in [0, 0.1) is 0 Å². The Labute approximate surface area is 133 Å². The Morgan fingerprint density at radius 3 is 2.65 bits per heavy atom. The third-order valence-electron chi connectivity index (χ3n) is 2.54. The van der Waals surface area contributed by atoms with Crippen LogP contribution in [-0.4, -0.2) is 21.4 Å². The van der Waals surface area contributed by atoms with Gasteiger partial charge >= 0.3 is 0 Å². The van der Waals surface area contributed by atoms with Crippen LogP contribution in [0.4, 0.5) is 5.82 Å². The maximum absolute atomic E-state index is 6.13. The predicted molar refractivity (Wildman–Crippen MR) is 87.7 cm³/mol. The van der Waals surface area contributed by atoms with Crippen molar-refractivity contribution in [2.75, 3.05) is 11.9 Å². The van der Waals surface area contributed by atoms with Gasteiger partial charge in [0.25, 0.3) is 0 Å². The maximum atomic E-state index is 6.13. The minimum Gasteiger partial charge on any atom is -0.363 e. The summed E-state index contributed by atoms with van der Waals surface area (Å²) in [5, 5.41) is 12.1. The average molecular weight is 329 g/mol. The van der Waals surface area contributed by atoms with E-state index in [-0.39, 0.29) is 0 Å². The van der Waals surface area contributed by atoms with Crippen LogP contribution in [0.15, 0.2) is 30.5 Å². The first-order valence-electron chi connectivity index (χ1n) is 6.10.